The number of amides is 1. The monoisotopic (exact) mass is 307 g/mol. The predicted octanol–water partition coefficient (Wildman–Crippen LogP) is 1.96. The maximum atomic E-state index is 12.3. The molecular weight excluding hydrogens is 290 g/mol. The van der Waals surface area contributed by atoms with Crippen molar-refractivity contribution in [3.8, 4) is 0 Å². The molecule has 1 atom stereocenters. The molecule has 1 heterocycles. The van der Waals surface area contributed by atoms with Crippen LogP contribution in [0.15, 0.2) is 67.0 Å². The van der Waals surface area contributed by atoms with Crippen LogP contribution in [0.4, 0.5) is 5.95 Å². The Kier molecular flexibility index (Phi) is 4.44. The molecule has 0 unspecified atom stereocenters. The summed E-state index contributed by atoms with van der Waals surface area (Å²) in [5.41, 5.74) is 7.83. The minimum atomic E-state index is -0.752. The zero-order valence-corrected chi connectivity index (χ0v) is 12.5. The van der Waals surface area contributed by atoms with Gasteiger partial charge in [-0.05, 0) is 11.1 Å². The van der Waals surface area contributed by atoms with Gasteiger partial charge >= 0.3 is 0 Å². The van der Waals surface area contributed by atoms with Gasteiger partial charge in [0, 0.05) is 0 Å². The Labute approximate surface area is 134 Å². The largest absolute Gasteiger partial charge is 0.316 e. The molecular formula is C17H17N5O. The summed E-state index contributed by atoms with van der Waals surface area (Å²) in [6.07, 6.45) is 1.58. The van der Waals surface area contributed by atoms with Crippen molar-refractivity contribution in [2.75, 3.05) is 5.32 Å². The van der Waals surface area contributed by atoms with Crippen molar-refractivity contribution >= 4 is 11.9 Å². The first-order chi connectivity index (χ1) is 11.2. The fourth-order valence-corrected chi connectivity index (χ4v) is 2.25. The molecule has 3 aromatic rings. The van der Waals surface area contributed by atoms with E-state index in [1.54, 1.807) is 10.9 Å². The number of nitrogens with zero attached hydrogens (tertiary/aromatic N) is 3. The number of nitrogens with two attached hydrogens (primary N) is 1. The third kappa shape index (κ3) is 3.61. The Bertz CT molecular complexity index is 770. The molecule has 0 aliphatic heterocycles. The number of hydrogen-bond acceptors (Lipinski definition) is 4. The number of benzene rings is 2. The molecule has 23 heavy (non-hydrogen) atoms. The van der Waals surface area contributed by atoms with Gasteiger partial charge in [-0.15, -0.1) is 10.2 Å². The lowest BCUT2D eigenvalue weighted by Gasteiger charge is -2.13. The maximum Gasteiger partial charge on any atom is 0.248 e. The predicted molar refractivity (Wildman–Crippen MR) is 87.6 cm³/mol. The molecule has 0 saturated heterocycles. The minimum Gasteiger partial charge on any atom is -0.316 e. The van der Waals surface area contributed by atoms with Crippen molar-refractivity contribution in [1.82, 2.24) is 14.8 Å². The van der Waals surface area contributed by atoms with Crippen molar-refractivity contribution in [2.24, 2.45) is 5.73 Å². The van der Waals surface area contributed by atoms with Crippen LogP contribution in [0.5, 0.6) is 0 Å². The van der Waals surface area contributed by atoms with Gasteiger partial charge in [0.05, 0.1) is 6.54 Å². The number of carbonyl (C=O) groups excluding carboxylic acids is 1. The van der Waals surface area contributed by atoms with Crippen molar-refractivity contribution in [3.63, 3.8) is 0 Å². The molecule has 1 aromatic heterocycles. The van der Waals surface area contributed by atoms with E-state index in [1.807, 2.05) is 60.7 Å². The second-order valence-electron chi connectivity index (χ2n) is 5.15. The highest BCUT2D eigenvalue weighted by atomic mass is 16.2. The molecule has 0 radical (unpaired) electrons. The molecule has 6 nitrogen and oxygen atoms in total. The highest BCUT2D eigenvalue weighted by Crippen LogP contribution is 2.13. The molecule has 0 aliphatic rings. The molecule has 2 aromatic carbocycles. The first-order valence-corrected chi connectivity index (χ1v) is 7.27. The highest BCUT2D eigenvalue weighted by Gasteiger charge is 2.18. The van der Waals surface area contributed by atoms with E-state index in [0.717, 1.165) is 11.1 Å². The Morgan fingerprint density at radius 1 is 1.09 bits per heavy atom. The average Bonchev–Trinajstić information content (AvgIpc) is 3.02. The molecule has 116 valence electrons. The number of anilines is 1. The summed E-state index contributed by atoms with van der Waals surface area (Å²) in [4.78, 5) is 12.3. The molecule has 6 heteroatoms. The summed E-state index contributed by atoms with van der Waals surface area (Å²) < 4.78 is 1.77. The zero-order valence-electron chi connectivity index (χ0n) is 12.5. The third-order valence-corrected chi connectivity index (χ3v) is 3.49. The smallest absolute Gasteiger partial charge is 0.248 e. The van der Waals surface area contributed by atoms with Gasteiger partial charge in [0.25, 0.3) is 0 Å². The second kappa shape index (κ2) is 6.85. The summed E-state index contributed by atoms with van der Waals surface area (Å²) in [6, 6.07) is 18.3. The van der Waals surface area contributed by atoms with Gasteiger partial charge in [0.2, 0.25) is 11.9 Å². The van der Waals surface area contributed by atoms with E-state index in [2.05, 4.69) is 15.5 Å². The summed E-state index contributed by atoms with van der Waals surface area (Å²) >= 11 is 0. The van der Waals surface area contributed by atoms with Crippen molar-refractivity contribution in [2.45, 2.75) is 12.6 Å². The van der Waals surface area contributed by atoms with E-state index in [-0.39, 0.29) is 5.91 Å². The SMILES string of the molecule is N[C@@H](C(=O)Nc1nncn1Cc1ccccc1)c1ccccc1. The third-order valence-electron chi connectivity index (χ3n) is 3.49. The Balaban J connectivity index is 1.71. The molecule has 0 aliphatic carbocycles. The van der Waals surface area contributed by atoms with E-state index in [9.17, 15) is 4.79 Å². The molecule has 3 N–H and O–H groups in total. The Hall–Kier alpha value is -2.99. The highest BCUT2D eigenvalue weighted by molar-refractivity contribution is 5.94. The van der Waals surface area contributed by atoms with Crippen LogP contribution >= 0.6 is 0 Å². The van der Waals surface area contributed by atoms with Crippen molar-refractivity contribution < 1.29 is 4.79 Å². The van der Waals surface area contributed by atoms with E-state index >= 15 is 0 Å². The summed E-state index contributed by atoms with van der Waals surface area (Å²) in [6.45, 7) is 0.573. The normalized spacial score (nSPS) is 11.9. The standard InChI is InChI=1S/C17H17N5O/c18-15(14-9-5-2-6-10-14)16(23)20-17-21-19-12-22(17)11-13-7-3-1-4-8-13/h1-10,12,15H,11,18H2,(H,20,21,23)/t15-/m1/s1. The van der Waals surface area contributed by atoms with Gasteiger partial charge in [0.1, 0.15) is 12.4 Å². The minimum absolute atomic E-state index is 0.321. The average molecular weight is 307 g/mol. The fraction of sp³-hybridized carbons (Fsp3) is 0.118. The lowest BCUT2D eigenvalue weighted by molar-refractivity contribution is -0.117. The number of aromatic nitrogens is 3. The van der Waals surface area contributed by atoms with Gasteiger partial charge in [-0.2, -0.15) is 0 Å². The van der Waals surface area contributed by atoms with Crippen LogP contribution in [0.1, 0.15) is 17.2 Å². The molecule has 0 spiro atoms. The molecule has 0 fully saturated rings. The quantitative estimate of drug-likeness (QED) is 0.754. The van der Waals surface area contributed by atoms with E-state index in [4.69, 9.17) is 5.73 Å². The number of rotatable bonds is 5. The molecule has 0 bridgehead atoms. The number of nitrogens with one attached hydrogen (secondary N) is 1. The van der Waals surface area contributed by atoms with E-state index in [1.165, 1.54) is 0 Å². The lowest BCUT2D eigenvalue weighted by atomic mass is 10.1. The Morgan fingerprint density at radius 2 is 1.74 bits per heavy atom. The van der Waals surface area contributed by atoms with Crippen molar-refractivity contribution in [1.29, 1.82) is 0 Å². The molecule has 0 saturated carbocycles. The summed E-state index contributed by atoms with van der Waals surface area (Å²) in [5.74, 6) is 0.0590. The van der Waals surface area contributed by atoms with Gasteiger partial charge < -0.3 is 5.73 Å². The topological polar surface area (TPSA) is 85.8 Å². The van der Waals surface area contributed by atoms with Crippen LogP contribution in [0.2, 0.25) is 0 Å². The summed E-state index contributed by atoms with van der Waals surface area (Å²) in [5, 5.41) is 10.5. The molecule has 1 amide bonds. The maximum absolute atomic E-state index is 12.3. The van der Waals surface area contributed by atoms with E-state index in [0.29, 0.717) is 12.5 Å². The van der Waals surface area contributed by atoms with Crippen LogP contribution in [-0.2, 0) is 11.3 Å². The van der Waals surface area contributed by atoms with Crippen LogP contribution in [0.25, 0.3) is 0 Å². The lowest BCUT2D eigenvalue weighted by Crippen LogP contribution is -2.29. The van der Waals surface area contributed by atoms with Crippen LogP contribution in [-0.4, -0.2) is 20.7 Å². The van der Waals surface area contributed by atoms with Gasteiger partial charge in [-0.1, -0.05) is 60.7 Å². The van der Waals surface area contributed by atoms with Crippen LogP contribution in [0, 0.1) is 0 Å². The molecule has 3 rings (SSSR count). The first kappa shape index (κ1) is 14.9. The fourth-order valence-electron chi connectivity index (χ4n) is 2.25. The van der Waals surface area contributed by atoms with Crippen molar-refractivity contribution in [3.05, 3.63) is 78.1 Å². The Morgan fingerprint density at radius 3 is 2.43 bits per heavy atom. The number of carbonyl (C=O) groups is 1. The van der Waals surface area contributed by atoms with Gasteiger partial charge in [0.15, 0.2) is 0 Å². The first-order valence-electron chi connectivity index (χ1n) is 7.27. The van der Waals surface area contributed by atoms with Crippen LogP contribution < -0.4 is 11.1 Å². The summed E-state index contributed by atoms with van der Waals surface area (Å²) in [7, 11) is 0. The second-order valence-corrected chi connectivity index (χ2v) is 5.15. The van der Waals surface area contributed by atoms with Crippen LogP contribution in [0.3, 0.4) is 0 Å². The van der Waals surface area contributed by atoms with E-state index < -0.39 is 6.04 Å². The van der Waals surface area contributed by atoms with Gasteiger partial charge in [-0.3, -0.25) is 14.7 Å². The van der Waals surface area contributed by atoms with Gasteiger partial charge in [-0.25, -0.2) is 0 Å². The number of hydrogen-bond donors (Lipinski definition) is 2. The zero-order chi connectivity index (χ0) is 16.1.